The molecule has 0 saturated carbocycles. The van der Waals surface area contributed by atoms with Gasteiger partial charge in [0.05, 0.1) is 0 Å². The quantitative estimate of drug-likeness (QED) is 0.672. The number of aryl methyl sites for hydroxylation is 2. The summed E-state index contributed by atoms with van der Waals surface area (Å²) in [4.78, 5) is 11.8. The first-order chi connectivity index (χ1) is 9.17. The third-order valence-electron chi connectivity index (χ3n) is 3.86. The number of rotatable bonds is 2. The summed E-state index contributed by atoms with van der Waals surface area (Å²) in [6.07, 6.45) is 0. The molecule has 0 saturated heterocycles. The molecule has 2 unspecified atom stereocenters. The third kappa shape index (κ3) is 2.78. The average Bonchev–Trinajstić information content (AvgIpc) is 2.60. The fraction of sp³-hybridized carbons (Fsp3) is 0.438. The second-order valence-corrected chi connectivity index (χ2v) is 5.64. The predicted molar refractivity (Wildman–Crippen MR) is 84.8 cm³/mol. The van der Waals surface area contributed by atoms with Gasteiger partial charge in [-0.25, -0.2) is 4.79 Å². The minimum atomic E-state index is -1.19. The molecule has 1 heterocycles. The van der Waals surface area contributed by atoms with Crippen LogP contribution in [0.4, 0.5) is 0 Å². The standard InChI is InChI=1S/C16H21NO3.ClH/c1-8(2)15(18)20-16(6)14(17)12-10(4)7-9(3)11(5)13(12)19-16;/h7,14H,1,17H2,2-6H3;1H. The van der Waals surface area contributed by atoms with Crippen molar-refractivity contribution >= 4 is 18.4 Å². The minimum Gasteiger partial charge on any atom is -0.450 e. The number of hydrogen-bond donors (Lipinski definition) is 1. The summed E-state index contributed by atoms with van der Waals surface area (Å²) < 4.78 is 11.3. The number of nitrogens with two attached hydrogens (primary N) is 1. The van der Waals surface area contributed by atoms with E-state index in [0.29, 0.717) is 5.57 Å². The zero-order valence-electron chi connectivity index (χ0n) is 13.1. The van der Waals surface area contributed by atoms with Gasteiger partial charge < -0.3 is 15.2 Å². The molecule has 0 amide bonds. The largest absolute Gasteiger partial charge is 0.450 e. The van der Waals surface area contributed by atoms with Crippen LogP contribution >= 0.6 is 12.4 Å². The third-order valence-corrected chi connectivity index (χ3v) is 3.86. The molecule has 0 aromatic heterocycles. The van der Waals surface area contributed by atoms with Crippen molar-refractivity contribution in [3.63, 3.8) is 0 Å². The first-order valence-corrected chi connectivity index (χ1v) is 6.61. The SMILES string of the molecule is C=C(C)C(=O)OC1(C)Oc2c(C)c(C)cc(C)c2C1N.Cl. The van der Waals surface area contributed by atoms with Gasteiger partial charge in [0.2, 0.25) is 0 Å². The number of benzene rings is 1. The van der Waals surface area contributed by atoms with Crippen molar-refractivity contribution in [2.75, 3.05) is 0 Å². The molecule has 2 atom stereocenters. The Hall–Kier alpha value is -1.52. The zero-order valence-corrected chi connectivity index (χ0v) is 13.9. The van der Waals surface area contributed by atoms with E-state index in [1.54, 1.807) is 13.8 Å². The smallest absolute Gasteiger partial charge is 0.336 e. The minimum absolute atomic E-state index is 0. The summed E-state index contributed by atoms with van der Waals surface area (Å²) >= 11 is 0. The summed E-state index contributed by atoms with van der Waals surface area (Å²) in [6, 6.07) is 1.56. The Labute approximate surface area is 131 Å². The number of halogens is 1. The summed E-state index contributed by atoms with van der Waals surface area (Å²) in [5.41, 5.74) is 10.7. The van der Waals surface area contributed by atoms with Gasteiger partial charge in [-0.05, 0) is 44.4 Å². The van der Waals surface area contributed by atoms with Crippen LogP contribution in [-0.2, 0) is 9.53 Å². The van der Waals surface area contributed by atoms with Crippen molar-refractivity contribution in [1.29, 1.82) is 0 Å². The number of hydrogen-bond acceptors (Lipinski definition) is 4. The van der Waals surface area contributed by atoms with Gasteiger partial charge in [0.15, 0.2) is 0 Å². The van der Waals surface area contributed by atoms with Crippen LogP contribution in [0.25, 0.3) is 0 Å². The van der Waals surface area contributed by atoms with E-state index in [-0.39, 0.29) is 12.4 Å². The molecule has 1 aromatic rings. The van der Waals surface area contributed by atoms with E-state index in [0.717, 1.165) is 28.0 Å². The van der Waals surface area contributed by atoms with E-state index in [4.69, 9.17) is 15.2 Å². The van der Waals surface area contributed by atoms with Crippen molar-refractivity contribution in [3.05, 3.63) is 40.5 Å². The number of fused-ring (bicyclic) bond motifs is 1. The molecule has 5 heteroatoms. The first-order valence-electron chi connectivity index (χ1n) is 6.61. The van der Waals surface area contributed by atoms with Gasteiger partial charge >= 0.3 is 5.97 Å². The molecule has 1 aliphatic heterocycles. The monoisotopic (exact) mass is 311 g/mol. The van der Waals surface area contributed by atoms with Crippen LogP contribution in [-0.4, -0.2) is 11.8 Å². The van der Waals surface area contributed by atoms with Crippen molar-refractivity contribution in [2.24, 2.45) is 5.73 Å². The second kappa shape index (κ2) is 5.70. The van der Waals surface area contributed by atoms with Gasteiger partial charge in [-0.2, -0.15) is 0 Å². The van der Waals surface area contributed by atoms with Crippen LogP contribution in [0, 0.1) is 20.8 Å². The lowest BCUT2D eigenvalue weighted by atomic mass is 9.94. The van der Waals surface area contributed by atoms with Crippen LogP contribution in [0.5, 0.6) is 5.75 Å². The molecule has 1 aromatic carbocycles. The maximum atomic E-state index is 11.8. The normalized spacial score (nSPS) is 22.9. The van der Waals surface area contributed by atoms with Crippen LogP contribution < -0.4 is 10.5 Å². The average molecular weight is 312 g/mol. The Morgan fingerprint density at radius 2 is 1.95 bits per heavy atom. The first kappa shape index (κ1) is 17.5. The maximum Gasteiger partial charge on any atom is 0.336 e. The van der Waals surface area contributed by atoms with Crippen LogP contribution in [0.3, 0.4) is 0 Å². The summed E-state index contributed by atoms with van der Waals surface area (Å²) in [7, 11) is 0. The topological polar surface area (TPSA) is 61.5 Å². The number of ether oxygens (including phenoxy) is 2. The second-order valence-electron chi connectivity index (χ2n) is 5.64. The van der Waals surface area contributed by atoms with Crippen molar-refractivity contribution < 1.29 is 14.3 Å². The van der Waals surface area contributed by atoms with Crippen LogP contribution in [0.2, 0.25) is 0 Å². The lowest BCUT2D eigenvalue weighted by Gasteiger charge is -2.28. The number of esters is 1. The molecular formula is C16H22ClNO3. The van der Waals surface area contributed by atoms with Crippen molar-refractivity contribution in [3.8, 4) is 5.75 Å². The highest BCUT2D eigenvalue weighted by atomic mass is 35.5. The Bertz CT molecular complexity index is 612. The molecule has 0 aliphatic carbocycles. The lowest BCUT2D eigenvalue weighted by molar-refractivity contribution is -0.188. The molecule has 0 bridgehead atoms. The van der Waals surface area contributed by atoms with E-state index in [1.807, 2.05) is 20.8 Å². The zero-order chi connectivity index (χ0) is 15.2. The molecule has 4 nitrogen and oxygen atoms in total. The Kier molecular flexibility index (Phi) is 4.76. The van der Waals surface area contributed by atoms with Crippen LogP contribution in [0.1, 0.15) is 42.1 Å². The maximum absolute atomic E-state index is 11.8. The van der Waals surface area contributed by atoms with E-state index >= 15 is 0 Å². The molecule has 2 rings (SSSR count). The Morgan fingerprint density at radius 3 is 2.48 bits per heavy atom. The fourth-order valence-corrected chi connectivity index (χ4v) is 2.47. The van der Waals surface area contributed by atoms with Crippen LogP contribution in [0.15, 0.2) is 18.2 Å². The van der Waals surface area contributed by atoms with E-state index in [2.05, 4.69) is 12.6 Å². The fourth-order valence-electron chi connectivity index (χ4n) is 2.47. The van der Waals surface area contributed by atoms with Gasteiger partial charge in [0.1, 0.15) is 11.8 Å². The summed E-state index contributed by atoms with van der Waals surface area (Å²) in [6.45, 7) is 12.9. The summed E-state index contributed by atoms with van der Waals surface area (Å²) in [5, 5.41) is 0. The molecule has 116 valence electrons. The van der Waals surface area contributed by atoms with Gasteiger partial charge in [-0.15, -0.1) is 12.4 Å². The van der Waals surface area contributed by atoms with E-state index < -0.39 is 17.8 Å². The van der Waals surface area contributed by atoms with E-state index in [1.165, 1.54) is 0 Å². The van der Waals surface area contributed by atoms with Crippen molar-refractivity contribution in [1.82, 2.24) is 0 Å². The summed E-state index contributed by atoms with van der Waals surface area (Å²) in [5.74, 6) is -0.961. The predicted octanol–water partition coefficient (Wildman–Crippen LogP) is 3.26. The molecule has 0 fully saturated rings. The molecular weight excluding hydrogens is 290 g/mol. The van der Waals surface area contributed by atoms with Gasteiger partial charge in [0, 0.05) is 18.1 Å². The Morgan fingerprint density at radius 1 is 1.38 bits per heavy atom. The Balaban J connectivity index is 0.00000220. The van der Waals surface area contributed by atoms with Gasteiger partial charge in [-0.3, -0.25) is 0 Å². The van der Waals surface area contributed by atoms with Crippen molar-refractivity contribution in [2.45, 2.75) is 46.4 Å². The van der Waals surface area contributed by atoms with Gasteiger partial charge in [0.25, 0.3) is 5.79 Å². The molecule has 21 heavy (non-hydrogen) atoms. The molecule has 0 radical (unpaired) electrons. The molecule has 1 aliphatic rings. The van der Waals surface area contributed by atoms with E-state index in [9.17, 15) is 4.79 Å². The lowest BCUT2D eigenvalue weighted by Crippen LogP contribution is -2.43. The molecule has 2 N–H and O–H groups in total. The molecule has 0 spiro atoms. The highest BCUT2D eigenvalue weighted by Gasteiger charge is 2.48. The highest BCUT2D eigenvalue weighted by Crippen LogP contribution is 2.47. The number of carbonyl (C=O) groups is 1. The highest BCUT2D eigenvalue weighted by molar-refractivity contribution is 5.87. The van der Waals surface area contributed by atoms with Gasteiger partial charge in [-0.1, -0.05) is 12.6 Å². The number of carbonyl (C=O) groups excluding carboxylic acids is 1.